The maximum absolute atomic E-state index is 5.88. The normalized spacial score (nSPS) is 19.7. The van der Waals surface area contributed by atoms with Crippen LogP contribution in [0.4, 0.5) is 11.5 Å². The zero-order valence-corrected chi connectivity index (χ0v) is 11.8. The van der Waals surface area contributed by atoms with Crippen LogP contribution in [0.1, 0.15) is 19.8 Å². The monoisotopic (exact) mass is 268 g/mol. The summed E-state index contributed by atoms with van der Waals surface area (Å²) in [5, 5.41) is 3.92. The Balaban J connectivity index is 1.94. The highest BCUT2D eigenvalue weighted by atomic mass is 35.5. The number of nitrogens with zero attached hydrogens (tertiary/aromatic N) is 2. The number of hydrogen-bond donors (Lipinski definition) is 2. The summed E-state index contributed by atoms with van der Waals surface area (Å²) in [7, 11) is 2.17. The Kier molecular flexibility index (Phi) is 3.97. The highest BCUT2D eigenvalue weighted by Gasteiger charge is 2.28. The number of aromatic nitrogens is 1. The second-order valence-electron chi connectivity index (χ2n) is 5.56. The maximum atomic E-state index is 5.88. The van der Waals surface area contributed by atoms with Crippen molar-refractivity contribution in [3.63, 3.8) is 0 Å². The van der Waals surface area contributed by atoms with Gasteiger partial charge in [-0.15, -0.1) is 0 Å². The summed E-state index contributed by atoms with van der Waals surface area (Å²) in [6.07, 6.45) is 4.02. The van der Waals surface area contributed by atoms with Crippen LogP contribution in [0.25, 0.3) is 0 Å². The van der Waals surface area contributed by atoms with Crippen LogP contribution in [-0.4, -0.2) is 36.6 Å². The Bertz CT molecular complexity index is 413. The molecule has 0 radical (unpaired) electrons. The van der Waals surface area contributed by atoms with E-state index >= 15 is 0 Å². The van der Waals surface area contributed by atoms with E-state index < -0.39 is 0 Å². The molecular formula is C13H21ClN4. The molecule has 1 fully saturated rings. The molecule has 1 saturated heterocycles. The lowest BCUT2D eigenvalue weighted by Crippen LogP contribution is -2.40. The molecule has 2 rings (SSSR count). The summed E-state index contributed by atoms with van der Waals surface area (Å²) >= 11 is 5.83. The fourth-order valence-corrected chi connectivity index (χ4v) is 2.40. The van der Waals surface area contributed by atoms with Gasteiger partial charge in [-0.1, -0.05) is 18.5 Å². The van der Waals surface area contributed by atoms with Crippen molar-refractivity contribution in [1.82, 2.24) is 9.88 Å². The third kappa shape index (κ3) is 3.27. The van der Waals surface area contributed by atoms with Crippen molar-refractivity contribution < 1.29 is 0 Å². The standard InChI is InChI=1S/C13H21ClN4/c1-13(3-5-18(2)6-4-13)9-17-12-11(15)7-10(14)8-16-12/h7-8H,3-6,9,15H2,1-2H3,(H,16,17). The maximum Gasteiger partial charge on any atom is 0.149 e. The molecule has 0 atom stereocenters. The molecule has 18 heavy (non-hydrogen) atoms. The molecule has 0 amide bonds. The van der Waals surface area contributed by atoms with Gasteiger partial charge in [-0.2, -0.15) is 0 Å². The first-order valence-corrected chi connectivity index (χ1v) is 6.70. The molecule has 0 unspecified atom stereocenters. The van der Waals surface area contributed by atoms with Crippen LogP contribution in [-0.2, 0) is 0 Å². The fourth-order valence-electron chi connectivity index (χ4n) is 2.23. The molecule has 2 heterocycles. The van der Waals surface area contributed by atoms with Gasteiger partial charge in [0.25, 0.3) is 0 Å². The van der Waals surface area contributed by atoms with Gasteiger partial charge in [0.1, 0.15) is 5.82 Å². The van der Waals surface area contributed by atoms with Gasteiger partial charge >= 0.3 is 0 Å². The minimum Gasteiger partial charge on any atom is -0.396 e. The molecule has 1 aromatic rings. The zero-order valence-electron chi connectivity index (χ0n) is 11.0. The van der Waals surface area contributed by atoms with E-state index in [1.165, 1.54) is 12.8 Å². The van der Waals surface area contributed by atoms with E-state index in [4.69, 9.17) is 17.3 Å². The predicted molar refractivity (Wildman–Crippen MR) is 77.0 cm³/mol. The summed E-state index contributed by atoms with van der Waals surface area (Å²) in [5.74, 6) is 0.736. The quantitative estimate of drug-likeness (QED) is 0.884. The number of nitrogen functional groups attached to an aromatic ring is 1. The third-order valence-electron chi connectivity index (χ3n) is 3.76. The van der Waals surface area contributed by atoms with Gasteiger partial charge in [-0.3, -0.25) is 0 Å². The van der Waals surface area contributed by atoms with E-state index in [9.17, 15) is 0 Å². The number of piperidine rings is 1. The molecule has 100 valence electrons. The average molecular weight is 269 g/mol. The second kappa shape index (κ2) is 5.33. The van der Waals surface area contributed by atoms with E-state index in [1.807, 2.05) is 0 Å². The topological polar surface area (TPSA) is 54.2 Å². The Hall–Kier alpha value is -1.00. The van der Waals surface area contributed by atoms with Gasteiger partial charge < -0.3 is 16.0 Å². The first kappa shape index (κ1) is 13.4. The number of rotatable bonds is 3. The number of halogens is 1. The highest BCUT2D eigenvalue weighted by molar-refractivity contribution is 6.30. The Morgan fingerprint density at radius 1 is 1.50 bits per heavy atom. The molecule has 1 aliphatic rings. The molecular weight excluding hydrogens is 248 g/mol. The Morgan fingerprint density at radius 3 is 2.78 bits per heavy atom. The van der Waals surface area contributed by atoms with E-state index in [2.05, 4.69) is 29.2 Å². The molecule has 0 aromatic carbocycles. The smallest absolute Gasteiger partial charge is 0.149 e. The zero-order chi connectivity index (χ0) is 13.2. The van der Waals surface area contributed by atoms with Crippen LogP contribution >= 0.6 is 11.6 Å². The summed E-state index contributed by atoms with van der Waals surface area (Å²) in [5.41, 5.74) is 6.81. The molecule has 5 heteroatoms. The lowest BCUT2D eigenvalue weighted by atomic mass is 9.80. The number of hydrogen-bond acceptors (Lipinski definition) is 4. The molecule has 0 spiro atoms. The summed E-state index contributed by atoms with van der Waals surface area (Å²) in [4.78, 5) is 6.60. The average Bonchev–Trinajstić information content (AvgIpc) is 2.32. The van der Waals surface area contributed by atoms with Crippen molar-refractivity contribution in [2.75, 3.05) is 37.7 Å². The number of nitrogens with two attached hydrogens (primary N) is 1. The van der Waals surface area contributed by atoms with Crippen LogP contribution < -0.4 is 11.1 Å². The van der Waals surface area contributed by atoms with Crippen LogP contribution in [0, 0.1) is 5.41 Å². The van der Waals surface area contributed by atoms with Crippen molar-refractivity contribution >= 4 is 23.1 Å². The summed E-state index contributed by atoms with van der Waals surface area (Å²) in [6.45, 7) is 5.53. The Morgan fingerprint density at radius 2 is 2.17 bits per heavy atom. The van der Waals surface area contributed by atoms with Crippen molar-refractivity contribution in [1.29, 1.82) is 0 Å². The van der Waals surface area contributed by atoms with Gasteiger partial charge in [-0.05, 0) is 44.5 Å². The SMILES string of the molecule is CN1CCC(C)(CNc2ncc(Cl)cc2N)CC1. The Labute approximate surface area is 114 Å². The van der Waals surface area contributed by atoms with Crippen LogP contribution in [0.2, 0.25) is 5.02 Å². The van der Waals surface area contributed by atoms with Crippen molar-refractivity contribution in [3.8, 4) is 0 Å². The minimum atomic E-state index is 0.320. The van der Waals surface area contributed by atoms with Crippen LogP contribution in [0.3, 0.4) is 0 Å². The van der Waals surface area contributed by atoms with Crippen LogP contribution in [0.15, 0.2) is 12.3 Å². The van der Waals surface area contributed by atoms with Gasteiger partial charge in [-0.25, -0.2) is 4.98 Å². The lowest BCUT2D eigenvalue weighted by molar-refractivity contribution is 0.150. The first-order valence-electron chi connectivity index (χ1n) is 6.32. The number of pyridine rings is 1. The summed E-state index contributed by atoms with van der Waals surface area (Å²) < 4.78 is 0. The molecule has 0 bridgehead atoms. The van der Waals surface area contributed by atoms with E-state index in [0.29, 0.717) is 16.1 Å². The van der Waals surface area contributed by atoms with E-state index in [1.54, 1.807) is 12.3 Å². The predicted octanol–water partition coefficient (Wildman–Crippen LogP) is 2.46. The van der Waals surface area contributed by atoms with E-state index in [0.717, 1.165) is 25.5 Å². The first-order chi connectivity index (χ1) is 8.48. The van der Waals surface area contributed by atoms with Gasteiger partial charge in [0.2, 0.25) is 0 Å². The molecule has 0 aliphatic carbocycles. The lowest BCUT2D eigenvalue weighted by Gasteiger charge is -2.38. The van der Waals surface area contributed by atoms with Crippen LogP contribution in [0.5, 0.6) is 0 Å². The highest BCUT2D eigenvalue weighted by Crippen LogP contribution is 2.31. The van der Waals surface area contributed by atoms with E-state index in [-0.39, 0.29) is 0 Å². The van der Waals surface area contributed by atoms with Crippen molar-refractivity contribution in [2.45, 2.75) is 19.8 Å². The van der Waals surface area contributed by atoms with Gasteiger partial charge in [0.15, 0.2) is 0 Å². The fraction of sp³-hybridized carbons (Fsp3) is 0.615. The number of likely N-dealkylation sites (tertiary alicyclic amines) is 1. The molecule has 4 nitrogen and oxygen atoms in total. The molecule has 0 saturated carbocycles. The minimum absolute atomic E-state index is 0.320. The second-order valence-corrected chi connectivity index (χ2v) is 6.00. The van der Waals surface area contributed by atoms with Crippen molar-refractivity contribution in [2.24, 2.45) is 5.41 Å². The largest absolute Gasteiger partial charge is 0.396 e. The molecule has 1 aromatic heterocycles. The molecule has 3 N–H and O–H groups in total. The van der Waals surface area contributed by atoms with Crippen molar-refractivity contribution in [3.05, 3.63) is 17.3 Å². The van der Waals surface area contributed by atoms with Gasteiger partial charge in [0, 0.05) is 12.7 Å². The number of nitrogens with one attached hydrogen (secondary N) is 1. The summed E-state index contributed by atoms with van der Waals surface area (Å²) in [6, 6.07) is 1.73. The van der Waals surface area contributed by atoms with Gasteiger partial charge in [0.05, 0.1) is 10.7 Å². The molecule has 1 aliphatic heterocycles. The number of anilines is 2. The third-order valence-corrected chi connectivity index (χ3v) is 3.97.